The van der Waals surface area contributed by atoms with Crippen molar-refractivity contribution in [2.24, 2.45) is 7.05 Å². The summed E-state index contributed by atoms with van der Waals surface area (Å²) >= 11 is 0. The molecule has 0 radical (unpaired) electrons. The van der Waals surface area contributed by atoms with Crippen LogP contribution < -0.4 is 0 Å². The molecule has 2 aromatic heterocycles. The zero-order valence-electron chi connectivity index (χ0n) is 9.33. The largest absolute Gasteiger partial charge is 0.449 e. The third-order valence-electron chi connectivity index (χ3n) is 2.26. The normalized spacial score (nSPS) is 9.88. The standard InChI is InChI=1S/C12H11N3O2/c1-3-8-17-12(16)10-9-13-14(2)11(10)15-6-4-5-7-15/h1,4-7,9H,8H2,2H3. The molecule has 0 saturated heterocycles. The van der Waals surface area contributed by atoms with E-state index in [1.807, 2.05) is 24.5 Å². The van der Waals surface area contributed by atoms with E-state index in [0.29, 0.717) is 11.4 Å². The number of ether oxygens (including phenoxy) is 1. The van der Waals surface area contributed by atoms with Crippen LogP contribution >= 0.6 is 0 Å². The summed E-state index contributed by atoms with van der Waals surface area (Å²) in [7, 11) is 1.76. The van der Waals surface area contributed by atoms with Crippen molar-refractivity contribution >= 4 is 5.97 Å². The number of aryl methyl sites for hydroxylation is 1. The van der Waals surface area contributed by atoms with E-state index in [4.69, 9.17) is 11.2 Å². The Morgan fingerprint density at radius 3 is 2.88 bits per heavy atom. The van der Waals surface area contributed by atoms with Crippen molar-refractivity contribution in [3.05, 3.63) is 36.3 Å². The Morgan fingerprint density at radius 2 is 2.24 bits per heavy atom. The van der Waals surface area contributed by atoms with E-state index in [-0.39, 0.29) is 6.61 Å². The van der Waals surface area contributed by atoms with Gasteiger partial charge in [0.1, 0.15) is 11.4 Å². The minimum atomic E-state index is -0.472. The highest BCUT2D eigenvalue weighted by Gasteiger charge is 2.18. The number of aromatic nitrogens is 3. The van der Waals surface area contributed by atoms with Crippen LogP contribution in [0.25, 0.3) is 5.82 Å². The van der Waals surface area contributed by atoms with Crippen molar-refractivity contribution in [3.63, 3.8) is 0 Å². The van der Waals surface area contributed by atoms with Crippen LogP contribution in [0, 0.1) is 12.3 Å². The van der Waals surface area contributed by atoms with Gasteiger partial charge in [-0.1, -0.05) is 5.92 Å². The van der Waals surface area contributed by atoms with Crippen LogP contribution in [0.4, 0.5) is 0 Å². The Labute approximate surface area is 98.6 Å². The lowest BCUT2D eigenvalue weighted by atomic mass is 10.3. The zero-order valence-corrected chi connectivity index (χ0v) is 9.33. The minimum absolute atomic E-state index is 0.0428. The van der Waals surface area contributed by atoms with Crippen LogP contribution in [0.3, 0.4) is 0 Å². The molecule has 0 saturated carbocycles. The van der Waals surface area contributed by atoms with Gasteiger partial charge in [0.15, 0.2) is 6.61 Å². The first-order valence-corrected chi connectivity index (χ1v) is 5.00. The van der Waals surface area contributed by atoms with E-state index in [1.165, 1.54) is 6.20 Å². The molecule has 0 atom stereocenters. The number of carbonyl (C=O) groups is 1. The summed E-state index contributed by atoms with van der Waals surface area (Å²) < 4.78 is 8.28. The predicted octanol–water partition coefficient (Wildman–Crippen LogP) is 1.00. The van der Waals surface area contributed by atoms with E-state index < -0.39 is 5.97 Å². The van der Waals surface area contributed by atoms with Gasteiger partial charge in [0.05, 0.1) is 6.20 Å². The summed E-state index contributed by atoms with van der Waals surface area (Å²) in [4.78, 5) is 11.7. The van der Waals surface area contributed by atoms with Crippen molar-refractivity contribution in [2.45, 2.75) is 0 Å². The van der Waals surface area contributed by atoms with Gasteiger partial charge >= 0.3 is 5.97 Å². The van der Waals surface area contributed by atoms with Crippen molar-refractivity contribution in [1.82, 2.24) is 14.3 Å². The monoisotopic (exact) mass is 229 g/mol. The second kappa shape index (κ2) is 4.58. The Kier molecular flexibility index (Phi) is 2.97. The Bertz CT molecular complexity index is 561. The van der Waals surface area contributed by atoms with Crippen LogP contribution in [0.5, 0.6) is 0 Å². The van der Waals surface area contributed by atoms with E-state index in [1.54, 1.807) is 16.3 Å². The van der Waals surface area contributed by atoms with Gasteiger partial charge in [-0.25, -0.2) is 4.79 Å². The summed E-state index contributed by atoms with van der Waals surface area (Å²) in [6.07, 6.45) is 10.2. The molecule has 0 aliphatic carbocycles. The van der Waals surface area contributed by atoms with Gasteiger partial charge in [-0.15, -0.1) is 6.42 Å². The van der Waals surface area contributed by atoms with Crippen molar-refractivity contribution < 1.29 is 9.53 Å². The molecule has 0 aliphatic heterocycles. The lowest BCUT2D eigenvalue weighted by molar-refractivity contribution is 0.0556. The molecule has 17 heavy (non-hydrogen) atoms. The number of hydrogen-bond donors (Lipinski definition) is 0. The van der Waals surface area contributed by atoms with Crippen molar-refractivity contribution in [1.29, 1.82) is 0 Å². The van der Waals surface area contributed by atoms with Gasteiger partial charge in [0.2, 0.25) is 0 Å². The van der Waals surface area contributed by atoms with Crippen LogP contribution in [-0.2, 0) is 11.8 Å². The summed E-state index contributed by atoms with van der Waals surface area (Å²) in [6, 6.07) is 3.73. The molecular formula is C12H11N3O2. The smallest absolute Gasteiger partial charge is 0.344 e. The number of carbonyl (C=O) groups excluding carboxylic acids is 1. The summed E-state index contributed by atoms with van der Waals surface area (Å²) in [5.74, 6) is 2.43. The SMILES string of the molecule is C#CCOC(=O)c1cnn(C)c1-n1cccc1. The first-order chi connectivity index (χ1) is 8.24. The molecular weight excluding hydrogens is 218 g/mol. The molecule has 0 bridgehead atoms. The molecule has 2 aromatic rings. The second-order valence-corrected chi connectivity index (χ2v) is 3.38. The fourth-order valence-corrected chi connectivity index (χ4v) is 1.54. The molecule has 0 amide bonds. The van der Waals surface area contributed by atoms with Gasteiger partial charge in [0, 0.05) is 19.4 Å². The summed E-state index contributed by atoms with van der Waals surface area (Å²) in [5, 5.41) is 4.05. The van der Waals surface area contributed by atoms with Crippen LogP contribution in [-0.4, -0.2) is 26.9 Å². The average Bonchev–Trinajstić information content (AvgIpc) is 2.94. The van der Waals surface area contributed by atoms with Crippen molar-refractivity contribution in [3.8, 4) is 18.2 Å². The molecule has 2 rings (SSSR count). The summed E-state index contributed by atoms with van der Waals surface area (Å²) in [6.45, 7) is -0.0428. The number of hydrogen-bond acceptors (Lipinski definition) is 3. The van der Waals surface area contributed by atoms with Gasteiger partial charge in [-0.3, -0.25) is 4.68 Å². The third kappa shape index (κ3) is 2.06. The van der Waals surface area contributed by atoms with E-state index in [9.17, 15) is 4.79 Å². The molecule has 5 heteroatoms. The minimum Gasteiger partial charge on any atom is -0.449 e. The van der Waals surface area contributed by atoms with Gasteiger partial charge < -0.3 is 9.30 Å². The number of nitrogens with zero attached hydrogens (tertiary/aromatic N) is 3. The molecule has 2 heterocycles. The van der Waals surface area contributed by atoms with Gasteiger partial charge in [-0.05, 0) is 12.1 Å². The molecule has 0 aliphatic rings. The average molecular weight is 229 g/mol. The highest BCUT2D eigenvalue weighted by molar-refractivity contribution is 5.92. The maximum absolute atomic E-state index is 11.7. The third-order valence-corrected chi connectivity index (χ3v) is 2.26. The van der Waals surface area contributed by atoms with Crippen molar-refractivity contribution in [2.75, 3.05) is 6.61 Å². The van der Waals surface area contributed by atoms with Crippen LogP contribution in [0.2, 0.25) is 0 Å². The Morgan fingerprint density at radius 1 is 1.53 bits per heavy atom. The van der Waals surface area contributed by atoms with E-state index in [0.717, 1.165) is 0 Å². The lowest BCUT2D eigenvalue weighted by Crippen LogP contribution is -2.10. The molecule has 0 aromatic carbocycles. The number of terminal acetylenes is 1. The van der Waals surface area contributed by atoms with Crippen LogP contribution in [0.1, 0.15) is 10.4 Å². The molecule has 0 spiro atoms. The fraction of sp³-hybridized carbons (Fsp3) is 0.167. The van der Waals surface area contributed by atoms with Gasteiger partial charge in [-0.2, -0.15) is 5.10 Å². The van der Waals surface area contributed by atoms with Gasteiger partial charge in [0.25, 0.3) is 0 Å². The molecule has 5 nitrogen and oxygen atoms in total. The topological polar surface area (TPSA) is 49.0 Å². The maximum atomic E-state index is 11.7. The maximum Gasteiger partial charge on any atom is 0.344 e. The zero-order chi connectivity index (χ0) is 12.3. The molecule has 0 N–H and O–H groups in total. The fourth-order valence-electron chi connectivity index (χ4n) is 1.54. The molecule has 0 unspecified atom stereocenters. The highest BCUT2D eigenvalue weighted by atomic mass is 16.5. The second-order valence-electron chi connectivity index (χ2n) is 3.38. The Hall–Kier alpha value is -2.48. The van der Waals surface area contributed by atoms with Crippen LogP contribution in [0.15, 0.2) is 30.7 Å². The first kappa shape index (κ1) is 11.0. The first-order valence-electron chi connectivity index (χ1n) is 5.00. The summed E-state index contributed by atoms with van der Waals surface area (Å²) in [5.41, 5.74) is 0.388. The van der Waals surface area contributed by atoms with E-state index in [2.05, 4.69) is 11.0 Å². The molecule has 0 fully saturated rings. The highest BCUT2D eigenvalue weighted by Crippen LogP contribution is 2.14. The number of rotatable bonds is 3. The quantitative estimate of drug-likeness (QED) is 0.582. The lowest BCUT2D eigenvalue weighted by Gasteiger charge is -2.06. The number of esters is 1. The van der Waals surface area contributed by atoms with E-state index >= 15 is 0 Å². The predicted molar refractivity (Wildman–Crippen MR) is 61.7 cm³/mol. The molecule has 86 valence electrons. The Balaban J connectivity index is 2.37.